The lowest BCUT2D eigenvalue weighted by Gasteiger charge is -2.22. The summed E-state index contributed by atoms with van der Waals surface area (Å²) in [6, 6.07) is 10.8. The Morgan fingerprint density at radius 3 is 2.44 bits per heavy atom. The number of ether oxygens (including phenoxy) is 3. The molecular formula is C23H26N4O5. The lowest BCUT2D eigenvalue weighted by atomic mass is 9.94. The summed E-state index contributed by atoms with van der Waals surface area (Å²) in [6.45, 7) is 2.84. The van der Waals surface area contributed by atoms with E-state index in [1.807, 2.05) is 43.3 Å². The van der Waals surface area contributed by atoms with E-state index >= 15 is 0 Å². The minimum Gasteiger partial charge on any atom is -0.493 e. The van der Waals surface area contributed by atoms with Crippen LogP contribution in [0.4, 0.5) is 15.3 Å². The van der Waals surface area contributed by atoms with Crippen LogP contribution < -0.4 is 19.7 Å². The highest BCUT2D eigenvalue weighted by molar-refractivity contribution is 6.14. The Morgan fingerprint density at radius 1 is 1.16 bits per heavy atom. The minimum absolute atomic E-state index is 0.178. The minimum atomic E-state index is -0.355. The molecule has 0 bridgehead atoms. The number of amides is 3. The summed E-state index contributed by atoms with van der Waals surface area (Å²) in [6.07, 6.45) is 0.236. The van der Waals surface area contributed by atoms with Crippen LogP contribution in [0, 0.1) is 0 Å². The molecule has 0 saturated carbocycles. The van der Waals surface area contributed by atoms with Crippen LogP contribution in [0.5, 0.6) is 11.5 Å². The molecule has 168 valence electrons. The zero-order chi connectivity index (χ0) is 22.8. The fraction of sp³-hybridized carbons (Fsp3) is 0.348. The van der Waals surface area contributed by atoms with E-state index in [9.17, 15) is 9.59 Å². The average molecular weight is 438 g/mol. The molecule has 0 spiro atoms. The maximum atomic E-state index is 12.6. The lowest BCUT2D eigenvalue weighted by Crippen LogP contribution is -2.41. The molecular weight excluding hydrogens is 412 g/mol. The van der Waals surface area contributed by atoms with E-state index in [4.69, 9.17) is 19.3 Å². The van der Waals surface area contributed by atoms with E-state index < -0.39 is 0 Å². The van der Waals surface area contributed by atoms with E-state index in [-0.39, 0.29) is 18.2 Å². The highest BCUT2D eigenvalue weighted by Crippen LogP contribution is 2.35. The van der Waals surface area contributed by atoms with Crippen LogP contribution in [0.2, 0.25) is 0 Å². The van der Waals surface area contributed by atoms with Gasteiger partial charge >= 0.3 is 12.1 Å². The fourth-order valence-electron chi connectivity index (χ4n) is 3.98. The first-order chi connectivity index (χ1) is 15.5. The normalized spacial score (nSPS) is 17.8. The second-order valence-corrected chi connectivity index (χ2v) is 7.58. The number of cyclic esters (lactones) is 1. The molecule has 0 aliphatic carbocycles. The van der Waals surface area contributed by atoms with Gasteiger partial charge in [-0.3, -0.25) is 4.90 Å². The molecule has 0 aromatic heterocycles. The van der Waals surface area contributed by atoms with Gasteiger partial charge in [0.05, 0.1) is 32.5 Å². The Balaban J connectivity index is 1.83. The zero-order valence-electron chi connectivity index (χ0n) is 18.5. The van der Waals surface area contributed by atoms with E-state index in [1.54, 1.807) is 26.2 Å². The zero-order valence-corrected chi connectivity index (χ0v) is 18.5. The second-order valence-electron chi connectivity index (χ2n) is 7.58. The average Bonchev–Trinajstić information content (AvgIpc) is 3.18. The van der Waals surface area contributed by atoms with Crippen LogP contribution in [0.3, 0.4) is 0 Å². The van der Waals surface area contributed by atoms with E-state index in [2.05, 4.69) is 5.32 Å². The predicted octanol–water partition coefficient (Wildman–Crippen LogP) is 3.00. The monoisotopic (exact) mass is 438 g/mol. The van der Waals surface area contributed by atoms with Gasteiger partial charge in [-0.2, -0.15) is 5.10 Å². The first kappa shape index (κ1) is 21.5. The van der Waals surface area contributed by atoms with Crippen LogP contribution >= 0.6 is 0 Å². The van der Waals surface area contributed by atoms with Crippen LogP contribution in [0.25, 0.3) is 0 Å². The van der Waals surface area contributed by atoms with Gasteiger partial charge in [-0.1, -0.05) is 12.1 Å². The van der Waals surface area contributed by atoms with E-state index in [1.165, 1.54) is 5.01 Å². The smallest absolute Gasteiger partial charge is 0.414 e. The van der Waals surface area contributed by atoms with Crippen LogP contribution in [-0.2, 0) is 11.2 Å². The lowest BCUT2D eigenvalue weighted by molar-refractivity contribution is 0.181. The molecule has 1 saturated heterocycles. The Bertz CT molecular complexity index is 1070. The number of hydrazone groups is 1. The van der Waals surface area contributed by atoms with Gasteiger partial charge in [0, 0.05) is 23.9 Å². The van der Waals surface area contributed by atoms with Gasteiger partial charge in [-0.15, -0.1) is 0 Å². The number of nitrogens with zero attached hydrogens (tertiary/aromatic N) is 3. The maximum absolute atomic E-state index is 12.6. The third kappa shape index (κ3) is 3.81. The predicted molar refractivity (Wildman–Crippen MR) is 120 cm³/mol. The SMILES string of the molecule is CNC(=O)N1N=C(c2ccc(N3CCOC3=O)cc2)c2cc(OC)c(OC)cc2C[C@@H]1C. The van der Waals surface area contributed by atoms with Crippen molar-refractivity contribution < 1.29 is 23.8 Å². The Labute approximate surface area is 186 Å². The summed E-state index contributed by atoms with van der Waals surface area (Å²) >= 11 is 0. The van der Waals surface area contributed by atoms with Gasteiger partial charge in [0.25, 0.3) is 0 Å². The fourth-order valence-corrected chi connectivity index (χ4v) is 3.98. The molecule has 9 heteroatoms. The van der Waals surface area contributed by atoms with Crippen LogP contribution in [-0.4, -0.2) is 63.3 Å². The van der Waals surface area contributed by atoms with Crippen LogP contribution in [0.1, 0.15) is 23.6 Å². The number of rotatable bonds is 4. The van der Waals surface area contributed by atoms with E-state index in [0.29, 0.717) is 36.8 Å². The number of carbonyl (C=O) groups is 2. The highest BCUT2D eigenvalue weighted by atomic mass is 16.6. The summed E-state index contributed by atoms with van der Waals surface area (Å²) in [5.41, 5.74) is 4.03. The first-order valence-corrected chi connectivity index (χ1v) is 10.4. The summed E-state index contributed by atoms with van der Waals surface area (Å²) in [5.74, 6) is 1.20. The van der Waals surface area contributed by atoms with Gasteiger partial charge in [0.1, 0.15) is 6.61 Å². The number of nitrogens with one attached hydrogen (secondary N) is 1. The van der Waals surface area contributed by atoms with Gasteiger partial charge in [0.15, 0.2) is 11.5 Å². The molecule has 0 radical (unpaired) electrons. The van der Waals surface area contributed by atoms with Crippen molar-refractivity contribution in [1.82, 2.24) is 10.3 Å². The number of fused-ring (bicyclic) bond motifs is 1. The molecule has 1 atom stereocenters. The molecule has 32 heavy (non-hydrogen) atoms. The third-order valence-electron chi connectivity index (χ3n) is 5.64. The number of hydrogen-bond donors (Lipinski definition) is 1. The molecule has 9 nitrogen and oxygen atoms in total. The molecule has 2 aliphatic rings. The molecule has 1 N–H and O–H groups in total. The van der Waals surface area contributed by atoms with Crippen molar-refractivity contribution in [3.63, 3.8) is 0 Å². The van der Waals surface area contributed by atoms with E-state index in [0.717, 1.165) is 22.4 Å². The molecule has 4 rings (SSSR count). The van der Waals surface area contributed by atoms with Gasteiger partial charge in [-0.25, -0.2) is 14.6 Å². The van der Waals surface area contributed by atoms with Crippen molar-refractivity contribution in [2.24, 2.45) is 5.10 Å². The Kier molecular flexibility index (Phi) is 5.89. The number of methoxy groups -OCH3 is 2. The van der Waals surface area contributed by atoms with Crippen molar-refractivity contribution in [3.05, 3.63) is 53.1 Å². The molecule has 2 aromatic carbocycles. The highest BCUT2D eigenvalue weighted by Gasteiger charge is 2.29. The van der Waals surface area contributed by atoms with Crippen molar-refractivity contribution in [2.75, 3.05) is 39.3 Å². The number of carbonyl (C=O) groups excluding carboxylic acids is 2. The van der Waals surface area contributed by atoms with Gasteiger partial charge < -0.3 is 19.5 Å². The van der Waals surface area contributed by atoms with Crippen LogP contribution in [0.15, 0.2) is 41.5 Å². The largest absolute Gasteiger partial charge is 0.493 e. The number of benzene rings is 2. The molecule has 3 amide bonds. The topological polar surface area (TPSA) is 92.7 Å². The maximum Gasteiger partial charge on any atom is 0.414 e. The van der Waals surface area contributed by atoms with Gasteiger partial charge in [-0.05, 0) is 43.2 Å². The number of urea groups is 1. The second kappa shape index (κ2) is 8.78. The Morgan fingerprint density at radius 2 is 1.84 bits per heavy atom. The number of hydrogen-bond acceptors (Lipinski definition) is 6. The standard InChI is InChI=1S/C23H26N4O5/c1-14-11-16-12-19(30-3)20(31-4)13-18(16)21(25-27(14)22(28)24-2)15-5-7-17(8-6-15)26-9-10-32-23(26)29/h5-8,12-14H,9-11H2,1-4H3,(H,24,28)/t14-/m0/s1. The quantitative estimate of drug-likeness (QED) is 0.792. The Hall–Kier alpha value is -3.75. The summed E-state index contributed by atoms with van der Waals surface area (Å²) in [4.78, 5) is 26.0. The van der Waals surface area contributed by atoms with Crippen molar-refractivity contribution >= 4 is 23.5 Å². The molecule has 2 aromatic rings. The number of anilines is 1. The summed E-state index contributed by atoms with van der Waals surface area (Å²) < 4.78 is 16.0. The summed E-state index contributed by atoms with van der Waals surface area (Å²) in [7, 11) is 4.76. The summed E-state index contributed by atoms with van der Waals surface area (Å²) in [5, 5.41) is 8.87. The van der Waals surface area contributed by atoms with Gasteiger partial charge in [0.2, 0.25) is 0 Å². The van der Waals surface area contributed by atoms with Crippen molar-refractivity contribution in [3.8, 4) is 11.5 Å². The molecule has 0 unspecified atom stereocenters. The molecule has 2 aliphatic heterocycles. The first-order valence-electron chi connectivity index (χ1n) is 10.4. The molecule has 2 heterocycles. The van der Waals surface area contributed by atoms with Crippen molar-refractivity contribution in [2.45, 2.75) is 19.4 Å². The van der Waals surface area contributed by atoms with Crippen molar-refractivity contribution in [1.29, 1.82) is 0 Å². The molecule has 1 fully saturated rings. The third-order valence-corrected chi connectivity index (χ3v) is 5.64.